The van der Waals surface area contributed by atoms with Crippen LogP contribution in [0.1, 0.15) is 38.2 Å². The summed E-state index contributed by atoms with van der Waals surface area (Å²) in [7, 11) is 0. The summed E-state index contributed by atoms with van der Waals surface area (Å²) in [5, 5.41) is 3.62. The van der Waals surface area contributed by atoms with Crippen molar-refractivity contribution in [1.82, 2.24) is 20.2 Å². The standard InChI is InChI=1S/C14H24N4/c1-4-12-9-18(14(5-2)8-16-12)10-13-6-7-15-11(3)17-13/h6-7,12,14,16H,4-5,8-10H2,1-3H3. The van der Waals surface area contributed by atoms with Gasteiger partial charge in [-0.05, 0) is 25.8 Å². The predicted octanol–water partition coefficient (Wildman–Crippen LogP) is 1.75. The molecule has 2 heterocycles. The first-order valence-corrected chi connectivity index (χ1v) is 6.98. The van der Waals surface area contributed by atoms with Crippen LogP contribution in [0.3, 0.4) is 0 Å². The van der Waals surface area contributed by atoms with Crippen molar-refractivity contribution in [1.29, 1.82) is 0 Å². The maximum Gasteiger partial charge on any atom is 0.125 e. The van der Waals surface area contributed by atoms with Crippen molar-refractivity contribution in [2.24, 2.45) is 0 Å². The van der Waals surface area contributed by atoms with E-state index in [1.54, 1.807) is 0 Å². The zero-order valence-corrected chi connectivity index (χ0v) is 11.7. The van der Waals surface area contributed by atoms with Crippen molar-refractivity contribution in [3.63, 3.8) is 0 Å². The highest BCUT2D eigenvalue weighted by atomic mass is 15.2. The molecule has 1 aliphatic heterocycles. The van der Waals surface area contributed by atoms with Crippen LogP contribution in [0.4, 0.5) is 0 Å². The second-order valence-corrected chi connectivity index (χ2v) is 5.10. The summed E-state index contributed by atoms with van der Waals surface area (Å²) in [6.45, 7) is 9.62. The molecule has 1 aromatic rings. The molecule has 1 aliphatic rings. The molecular formula is C14H24N4. The molecular weight excluding hydrogens is 224 g/mol. The first-order valence-electron chi connectivity index (χ1n) is 6.98. The van der Waals surface area contributed by atoms with E-state index in [1.165, 1.54) is 12.8 Å². The highest BCUT2D eigenvalue weighted by Gasteiger charge is 2.25. The summed E-state index contributed by atoms with van der Waals surface area (Å²) in [6.07, 6.45) is 4.24. The molecule has 4 heteroatoms. The molecule has 1 saturated heterocycles. The Morgan fingerprint density at radius 3 is 2.89 bits per heavy atom. The molecule has 100 valence electrons. The van der Waals surface area contributed by atoms with E-state index in [-0.39, 0.29) is 0 Å². The van der Waals surface area contributed by atoms with Crippen molar-refractivity contribution in [2.45, 2.75) is 52.2 Å². The minimum absolute atomic E-state index is 0.621. The summed E-state index contributed by atoms with van der Waals surface area (Å²) in [5.41, 5.74) is 1.14. The number of aromatic nitrogens is 2. The molecule has 0 bridgehead atoms. The Morgan fingerprint density at radius 2 is 2.22 bits per heavy atom. The zero-order valence-electron chi connectivity index (χ0n) is 11.7. The molecule has 0 radical (unpaired) electrons. The van der Waals surface area contributed by atoms with Gasteiger partial charge in [0.05, 0.1) is 5.69 Å². The molecule has 4 nitrogen and oxygen atoms in total. The van der Waals surface area contributed by atoms with Crippen molar-refractivity contribution in [3.05, 3.63) is 23.8 Å². The summed E-state index contributed by atoms with van der Waals surface area (Å²) in [5.74, 6) is 0.864. The summed E-state index contributed by atoms with van der Waals surface area (Å²) >= 11 is 0. The van der Waals surface area contributed by atoms with Gasteiger partial charge in [-0.25, -0.2) is 9.97 Å². The number of aryl methyl sites for hydroxylation is 1. The van der Waals surface area contributed by atoms with Gasteiger partial charge in [0.15, 0.2) is 0 Å². The molecule has 0 spiro atoms. The van der Waals surface area contributed by atoms with Gasteiger partial charge in [0.25, 0.3) is 0 Å². The normalized spacial score (nSPS) is 25.3. The maximum absolute atomic E-state index is 4.51. The Labute approximate surface area is 110 Å². The third-order valence-corrected chi connectivity index (χ3v) is 3.78. The van der Waals surface area contributed by atoms with Crippen LogP contribution in [0.5, 0.6) is 0 Å². The molecule has 0 aliphatic carbocycles. The average molecular weight is 248 g/mol. The van der Waals surface area contributed by atoms with Crippen LogP contribution < -0.4 is 5.32 Å². The van der Waals surface area contributed by atoms with Crippen LogP contribution in [-0.4, -0.2) is 40.0 Å². The largest absolute Gasteiger partial charge is 0.311 e. The fraction of sp³-hybridized carbons (Fsp3) is 0.714. The highest BCUT2D eigenvalue weighted by Crippen LogP contribution is 2.15. The quantitative estimate of drug-likeness (QED) is 0.881. The predicted molar refractivity (Wildman–Crippen MR) is 73.3 cm³/mol. The van der Waals surface area contributed by atoms with E-state index < -0.39 is 0 Å². The van der Waals surface area contributed by atoms with Gasteiger partial charge in [-0.2, -0.15) is 0 Å². The monoisotopic (exact) mass is 248 g/mol. The Balaban J connectivity index is 2.04. The molecule has 1 N–H and O–H groups in total. The lowest BCUT2D eigenvalue weighted by Gasteiger charge is -2.39. The van der Waals surface area contributed by atoms with Gasteiger partial charge in [0, 0.05) is 37.9 Å². The number of rotatable bonds is 4. The molecule has 0 amide bonds. The first kappa shape index (κ1) is 13.4. The van der Waals surface area contributed by atoms with Gasteiger partial charge >= 0.3 is 0 Å². The molecule has 1 aromatic heterocycles. The van der Waals surface area contributed by atoms with E-state index in [0.29, 0.717) is 12.1 Å². The van der Waals surface area contributed by atoms with Gasteiger partial charge < -0.3 is 5.32 Å². The molecule has 2 rings (SSSR count). The van der Waals surface area contributed by atoms with Gasteiger partial charge in [-0.3, -0.25) is 4.90 Å². The second-order valence-electron chi connectivity index (χ2n) is 5.10. The highest BCUT2D eigenvalue weighted by molar-refractivity contribution is 5.02. The molecule has 2 atom stereocenters. The van der Waals surface area contributed by atoms with E-state index in [4.69, 9.17) is 0 Å². The lowest BCUT2D eigenvalue weighted by atomic mass is 10.0. The minimum Gasteiger partial charge on any atom is -0.311 e. The lowest BCUT2D eigenvalue weighted by Crippen LogP contribution is -2.55. The Morgan fingerprint density at radius 1 is 1.39 bits per heavy atom. The molecule has 2 unspecified atom stereocenters. The minimum atomic E-state index is 0.621. The lowest BCUT2D eigenvalue weighted by molar-refractivity contribution is 0.116. The molecule has 18 heavy (non-hydrogen) atoms. The average Bonchev–Trinajstić information content (AvgIpc) is 2.38. The third kappa shape index (κ3) is 3.27. The molecule has 0 saturated carbocycles. The van der Waals surface area contributed by atoms with E-state index in [2.05, 4.69) is 34.0 Å². The van der Waals surface area contributed by atoms with Gasteiger partial charge in [0.2, 0.25) is 0 Å². The maximum atomic E-state index is 4.51. The van der Waals surface area contributed by atoms with Gasteiger partial charge in [-0.1, -0.05) is 13.8 Å². The topological polar surface area (TPSA) is 41.1 Å². The SMILES string of the molecule is CCC1CN(Cc2ccnc(C)n2)C(CC)CN1. The van der Waals surface area contributed by atoms with Gasteiger partial charge in [0.1, 0.15) is 5.82 Å². The Bertz CT molecular complexity index is 380. The van der Waals surface area contributed by atoms with Crippen molar-refractivity contribution in [2.75, 3.05) is 13.1 Å². The van der Waals surface area contributed by atoms with Crippen molar-refractivity contribution in [3.8, 4) is 0 Å². The third-order valence-electron chi connectivity index (χ3n) is 3.78. The fourth-order valence-electron chi connectivity index (χ4n) is 2.60. The van der Waals surface area contributed by atoms with E-state index in [9.17, 15) is 0 Å². The van der Waals surface area contributed by atoms with Crippen LogP contribution in [0, 0.1) is 6.92 Å². The van der Waals surface area contributed by atoms with Crippen LogP contribution >= 0.6 is 0 Å². The van der Waals surface area contributed by atoms with Crippen LogP contribution in [0.2, 0.25) is 0 Å². The van der Waals surface area contributed by atoms with E-state index >= 15 is 0 Å². The summed E-state index contributed by atoms with van der Waals surface area (Å²) < 4.78 is 0. The molecule has 1 fully saturated rings. The number of hydrogen-bond acceptors (Lipinski definition) is 4. The first-order chi connectivity index (χ1) is 8.72. The van der Waals surface area contributed by atoms with Crippen LogP contribution in [0.15, 0.2) is 12.3 Å². The zero-order chi connectivity index (χ0) is 13.0. The van der Waals surface area contributed by atoms with Crippen molar-refractivity contribution >= 4 is 0 Å². The second kappa shape index (κ2) is 6.25. The van der Waals surface area contributed by atoms with Crippen LogP contribution in [0.25, 0.3) is 0 Å². The van der Waals surface area contributed by atoms with E-state index in [1.807, 2.05) is 19.2 Å². The van der Waals surface area contributed by atoms with E-state index in [0.717, 1.165) is 31.2 Å². The van der Waals surface area contributed by atoms with Crippen LogP contribution in [-0.2, 0) is 6.54 Å². The summed E-state index contributed by atoms with van der Waals surface area (Å²) in [4.78, 5) is 11.2. The fourth-order valence-corrected chi connectivity index (χ4v) is 2.60. The number of piperazine rings is 1. The number of hydrogen-bond donors (Lipinski definition) is 1. The smallest absolute Gasteiger partial charge is 0.125 e. The number of nitrogens with one attached hydrogen (secondary N) is 1. The Hall–Kier alpha value is -1.00. The van der Waals surface area contributed by atoms with Gasteiger partial charge in [-0.15, -0.1) is 0 Å². The summed E-state index contributed by atoms with van der Waals surface area (Å²) in [6, 6.07) is 3.28. The molecule has 0 aromatic carbocycles. The Kier molecular flexibility index (Phi) is 4.66. The van der Waals surface area contributed by atoms with Crippen molar-refractivity contribution < 1.29 is 0 Å². The number of nitrogens with zero attached hydrogens (tertiary/aromatic N) is 3.